The van der Waals surface area contributed by atoms with E-state index in [4.69, 9.17) is 10.5 Å². The highest BCUT2D eigenvalue weighted by molar-refractivity contribution is 5.82. The van der Waals surface area contributed by atoms with Crippen molar-refractivity contribution in [1.29, 1.82) is 0 Å². The van der Waals surface area contributed by atoms with E-state index in [-0.39, 0.29) is 11.3 Å². The molecular formula is C17H29N3O2. The Morgan fingerprint density at radius 2 is 1.95 bits per heavy atom. The number of benzene rings is 1. The van der Waals surface area contributed by atoms with Crippen molar-refractivity contribution in [2.75, 3.05) is 27.2 Å². The lowest BCUT2D eigenvalue weighted by molar-refractivity contribution is -0.124. The molecule has 1 aromatic rings. The SMILES string of the molecule is CN(C)CCOc1ccccc1CNC(=O)[C@@H](N)C(C)(C)C. The largest absolute Gasteiger partial charge is 0.492 e. The molecule has 0 aromatic heterocycles. The minimum Gasteiger partial charge on any atom is -0.492 e. The van der Waals surface area contributed by atoms with Crippen molar-refractivity contribution in [3.8, 4) is 5.75 Å². The number of rotatable bonds is 7. The van der Waals surface area contributed by atoms with Crippen molar-refractivity contribution >= 4 is 5.91 Å². The van der Waals surface area contributed by atoms with E-state index in [1.165, 1.54) is 0 Å². The second-order valence-electron chi connectivity index (χ2n) is 6.82. The van der Waals surface area contributed by atoms with Crippen molar-refractivity contribution < 1.29 is 9.53 Å². The smallest absolute Gasteiger partial charge is 0.237 e. The lowest BCUT2D eigenvalue weighted by atomic mass is 9.87. The van der Waals surface area contributed by atoms with Gasteiger partial charge in [-0.3, -0.25) is 4.79 Å². The van der Waals surface area contributed by atoms with Gasteiger partial charge in [0, 0.05) is 18.7 Å². The number of nitrogens with two attached hydrogens (primary N) is 1. The zero-order valence-corrected chi connectivity index (χ0v) is 14.3. The topological polar surface area (TPSA) is 67.6 Å². The zero-order chi connectivity index (χ0) is 16.8. The summed E-state index contributed by atoms with van der Waals surface area (Å²) in [6.45, 7) is 7.73. The maximum Gasteiger partial charge on any atom is 0.237 e. The summed E-state index contributed by atoms with van der Waals surface area (Å²) >= 11 is 0. The molecule has 1 atom stereocenters. The lowest BCUT2D eigenvalue weighted by Crippen LogP contribution is -2.48. The summed E-state index contributed by atoms with van der Waals surface area (Å²) in [5.74, 6) is 0.657. The number of likely N-dealkylation sites (N-methyl/N-ethyl adjacent to an activating group) is 1. The molecule has 0 radical (unpaired) electrons. The van der Waals surface area contributed by atoms with Crippen LogP contribution < -0.4 is 15.8 Å². The van der Waals surface area contributed by atoms with E-state index in [0.29, 0.717) is 13.2 Å². The molecule has 0 saturated heterocycles. The van der Waals surface area contributed by atoms with Crippen LogP contribution in [0.15, 0.2) is 24.3 Å². The molecule has 0 unspecified atom stereocenters. The van der Waals surface area contributed by atoms with Gasteiger partial charge in [0.15, 0.2) is 0 Å². The third-order valence-electron chi connectivity index (χ3n) is 3.44. The quantitative estimate of drug-likeness (QED) is 0.803. The van der Waals surface area contributed by atoms with Gasteiger partial charge in [-0.2, -0.15) is 0 Å². The van der Waals surface area contributed by atoms with Crippen molar-refractivity contribution in [3.63, 3.8) is 0 Å². The summed E-state index contributed by atoms with van der Waals surface area (Å²) in [5, 5.41) is 2.89. The fraction of sp³-hybridized carbons (Fsp3) is 0.588. The molecule has 3 N–H and O–H groups in total. The number of nitrogens with one attached hydrogen (secondary N) is 1. The number of carbonyl (C=O) groups is 1. The van der Waals surface area contributed by atoms with E-state index in [0.717, 1.165) is 17.9 Å². The highest BCUT2D eigenvalue weighted by atomic mass is 16.5. The average Bonchev–Trinajstić information content (AvgIpc) is 2.43. The van der Waals surface area contributed by atoms with Gasteiger partial charge < -0.3 is 20.7 Å². The number of ether oxygens (including phenoxy) is 1. The van der Waals surface area contributed by atoms with Crippen LogP contribution in [0.2, 0.25) is 0 Å². The molecule has 0 aliphatic heterocycles. The Balaban J connectivity index is 2.60. The van der Waals surface area contributed by atoms with E-state index in [9.17, 15) is 4.79 Å². The maximum atomic E-state index is 12.1. The van der Waals surface area contributed by atoms with Gasteiger partial charge in [-0.15, -0.1) is 0 Å². The minimum absolute atomic E-state index is 0.143. The molecule has 0 aliphatic carbocycles. The number of hydrogen-bond donors (Lipinski definition) is 2. The van der Waals surface area contributed by atoms with Gasteiger partial charge in [0.25, 0.3) is 0 Å². The van der Waals surface area contributed by atoms with Crippen molar-refractivity contribution in [2.24, 2.45) is 11.1 Å². The molecule has 0 bridgehead atoms. The Hall–Kier alpha value is -1.59. The van der Waals surface area contributed by atoms with E-state index in [2.05, 4.69) is 10.2 Å². The van der Waals surface area contributed by atoms with Crippen LogP contribution in [0.5, 0.6) is 5.75 Å². The van der Waals surface area contributed by atoms with Gasteiger partial charge in [-0.25, -0.2) is 0 Å². The average molecular weight is 307 g/mol. The molecule has 0 fully saturated rings. The normalized spacial score (nSPS) is 13.0. The number of carbonyl (C=O) groups excluding carboxylic acids is 1. The maximum absolute atomic E-state index is 12.1. The number of hydrogen-bond acceptors (Lipinski definition) is 4. The summed E-state index contributed by atoms with van der Waals surface area (Å²) in [7, 11) is 4.01. The summed E-state index contributed by atoms with van der Waals surface area (Å²) in [5.41, 5.74) is 6.66. The predicted molar refractivity (Wildman–Crippen MR) is 89.8 cm³/mol. The Morgan fingerprint density at radius 3 is 2.55 bits per heavy atom. The Bertz CT molecular complexity index is 481. The summed E-state index contributed by atoms with van der Waals surface area (Å²) < 4.78 is 5.78. The van der Waals surface area contributed by atoms with E-state index in [1.807, 2.05) is 59.1 Å². The van der Waals surface area contributed by atoms with Crippen LogP contribution in [0, 0.1) is 5.41 Å². The monoisotopic (exact) mass is 307 g/mol. The van der Waals surface area contributed by atoms with Gasteiger partial charge in [0.2, 0.25) is 5.91 Å². The first-order valence-electron chi connectivity index (χ1n) is 7.60. The number of para-hydroxylation sites is 1. The van der Waals surface area contributed by atoms with Crippen molar-refractivity contribution in [2.45, 2.75) is 33.4 Å². The minimum atomic E-state index is -0.533. The molecule has 0 aliphatic rings. The molecular weight excluding hydrogens is 278 g/mol. The highest BCUT2D eigenvalue weighted by Gasteiger charge is 2.27. The molecule has 124 valence electrons. The highest BCUT2D eigenvalue weighted by Crippen LogP contribution is 2.19. The third kappa shape index (κ3) is 6.03. The Labute approximate surface area is 133 Å². The Kier molecular flexibility index (Phi) is 6.84. The second kappa shape index (κ2) is 8.15. The van der Waals surface area contributed by atoms with Gasteiger partial charge in [0.05, 0.1) is 6.04 Å². The summed E-state index contributed by atoms with van der Waals surface area (Å²) in [6.07, 6.45) is 0. The molecule has 1 aromatic carbocycles. The first kappa shape index (κ1) is 18.5. The van der Waals surface area contributed by atoms with Crippen LogP contribution in [0.25, 0.3) is 0 Å². The van der Waals surface area contributed by atoms with E-state index >= 15 is 0 Å². The van der Waals surface area contributed by atoms with Gasteiger partial charge in [-0.1, -0.05) is 39.0 Å². The van der Waals surface area contributed by atoms with Crippen LogP contribution in [0.3, 0.4) is 0 Å². The van der Waals surface area contributed by atoms with E-state index in [1.54, 1.807) is 0 Å². The molecule has 5 heteroatoms. The molecule has 0 heterocycles. The van der Waals surface area contributed by atoms with Gasteiger partial charge in [0.1, 0.15) is 12.4 Å². The van der Waals surface area contributed by atoms with Crippen LogP contribution in [-0.4, -0.2) is 44.1 Å². The standard InChI is InChI=1S/C17H29N3O2/c1-17(2,3)15(18)16(21)19-12-13-8-6-7-9-14(13)22-11-10-20(4)5/h6-9,15H,10-12,18H2,1-5H3,(H,19,21)/t15-/m1/s1. The molecule has 5 nitrogen and oxygen atoms in total. The zero-order valence-electron chi connectivity index (χ0n) is 14.3. The predicted octanol–water partition coefficient (Wildman–Crippen LogP) is 1.62. The summed E-state index contributed by atoms with van der Waals surface area (Å²) in [4.78, 5) is 14.2. The third-order valence-corrected chi connectivity index (χ3v) is 3.44. The Morgan fingerprint density at radius 1 is 1.32 bits per heavy atom. The second-order valence-corrected chi connectivity index (χ2v) is 6.82. The molecule has 0 saturated carbocycles. The summed E-state index contributed by atoms with van der Waals surface area (Å²) in [6, 6.07) is 7.20. The fourth-order valence-corrected chi connectivity index (χ4v) is 1.81. The van der Waals surface area contributed by atoms with Crippen LogP contribution in [0.1, 0.15) is 26.3 Å². The molecule has 1 rings (SSSR count). The number of amides is 1. The number of nitrogens with zero attached hydrogens (tertiary/aromatic N) is 1. The molecule has 0 spiro atoms. The van der Waals surface area contributed by atoms with Crippen LogP contribution >= 0.6 is 0 Å². The van der Waals surface area contributed by atoms with Crippen molar-refractivity contribution in [3.05, 3.63) is 29.8 Å². The van der Waals surface area contributed by atoms with Crippen LogP contribution in [-0.2, 0) is 11.3 Å². The van der Waals surface area contributed by atoms with Gasteiger partial charge >= 0.3 is 0 Å². The lowest BCUT2D eigenvalue weighted by Gasteiger charge is -2.26. The van der Waals surface area contributed by atoms with Crippen LogP contribution in [0.4, 0.5) is 0 Å². The van der Waals surface area contributed by atoms with Gasteiger partial charge in [-0.05, 0) is 25.6 Å². The molecule has 1 amide bonds. The fourth-order valence-electron chi connectivity index (χ4n) is 1.81. The van der Waals surface area contributed by atoms with Crippen molar-refractivity contribution in [1.82, 2.24) is 10.2 Å². The molecule has 22 heavy (non-hydrogen) atoms. The first-order chi connectivity index (χ1) is 10.2. The first-order valence-corrected chi connectivity index (χ1v) is 7.60. The van der Waals surface area contributed by atoms with E-state index < -0.39 is 6.04 Å².